The van der Waals surface area contributed by atoms with E-state index in [1.807, 2.05) is 0 Å². The molecule has 1 aromatic heterocycles. The van der Waals surface area contributed by atoms with Gasteiger partial charge in [-0.15, -0.1) is 0 Å². The summed E-state index contributed by atoms with van der Waals surface area (Å²) in [5, 5.41) is 0. The second-order valence-corrected chi connectivity index (χ2v) is 2.27. The smallest absolute Gasteiger partial charge is 0.387 e. The molecule has 1 heterocycles. The second kappa shape index (κ2) is 3.34. The zero-order valence-corrected chi connectivity index (χ0v) is 6.42. The fraction of sp³-hybridized carbons (Fsp3) is 0.286. The number of nitrogens with zero attached hydrogens (tertiary/aromatic N) is 1. The second-order valence-electron chi connectivity index (χ2n) is 2.27. The molecule has 0 saturated heterocycles. The summed E-state index contributed by atoms with van der Waals surface area (Å²) >= 11 is 0. The number of hydrogen-bond acceptors (Lipinski definition) is 3. The zero-order valence-electron chi connectivity index (χ0n) is 6.42. The Morgan fingerprint density at radius 1 is 1.58 bits per heavy atom. The Morgan fingerprint density at radius 3 is 2.83 bits per heavy atom. The van der Waals surface area contributed by atoms with Crippen molar-refractivity contribution in [2.45, 2.75) is 13.5 Å². The Balaban J connectivity index is 2.90. The van der Waals surface area contributed by atoms with Crippen LogP contribution < -0.4 is 10.5 Å². The highest BCUT2D eigenvalue weighted by Crippen LogP contribution is 2.21. The summed E-state index contributed by atoms with van der Waals surface area (Å²) in [4.78, 5) is 3.65. The quantitative estimate of drug-likeness (QED) is 0.740. The van der Waals surface area contributed by atoms with Crippen LogP contribution in [0.15, 0.2) is 12.3 Å². The number of hydrogen-bond donors (Lipinski definition) is 1. The third kappa shape index (κ3) is 2.05. The maximum absolute atomic E-state index is 11.7. The zero-order chi connectivity index (χ0) is 9.14. The van der Waals surface area contributed by atoms with Gasteiger partial charge in [-0.3, -0.25) is 0 Å². The van der Waals surface area contributed by atoms with E-state index in [9.17, 15) is 8.78 Å². The van der Waals surface area contributed by atoms with Gasteiger partial charge in [-0.05, 0) is 18.6 Å². The minimum atomic E-state index is -2.86. The van der Waals surface area contributed by atoms with E-state index in [0.717, 1.165) is 5.56 Å². The summed E-state index contributed by atoms with van der Waals surface area (Å²) in [6.45, 7) is -1.15. The van der Waals surface area contributed by atoms with E-state index in [1.165, 1.54) is 12.3 Å². The van der Waals surface area contributed by atoms with Crippen molar-refractivity contribution >= 4 is 5.82 Å². The fourth-order valence-corrected chi connectivity index (χ4v) is 0.743. The number of anilines is 1. The van der Waals surface area contributed by atoms with Crippen molar-refractivity contribution in [3.8, 4) is 5.75 Å². The van der Waals surface area contributed by atoms with Crippen LogP contribution in [0.25, 0.3) is 0 Å². The standard InChI is InChI=1S/C7H8F2N2O/c1-4-2-5(12-7(8)9)6(10)11-3-4/h2-3,7H,1H3,(H2,10,11). The molecule has 0 saturated carbocycles. The highest BCUT2D eigenvalue weighted by molar-refractivity contribution is 5.46. The molecule has 0 aliphatic rings. The van der Waals surface area contributed by atoms with Crippen LogP contribution in [0.5, 0.6) is 5.75 Å². The molecule has 0 unspecified atom stereocenters. The van der Waals surface area contributed by atoms with Crippen LogP contribution in [0.2, 0.25) is 0 Å². The molecule has 0 aliphatic carbocycles. The maximum Gasteiger partial charge on any atom is 0.387 e. The normalized spacial score (nSPS) is 10.3. The topological polar surface area (TPSA) is 48.1 Å². The maximum atomic E-state index is 11.7. The van der Waals surface area contributed by atoms with E-state index >= 15 is 0 Å². The molecule has 1 aromatic rings. The van der Waals surface area contributed by atoms with Crippen LogP contribution in [0.4, 0.5) is 14.6 Å². The van der Waals surface area contributed by atoms with Crippen LogP contribution in [-0.2, 0) is 0 Å². The first-order valence-corrected chi connectivity index (χ1v) is 3.26. The molecule has 5 heteroatoms. The van der Waals surface area contributed by atoms with Gasteiger partial charge < -0.3 is 10.5 Å². The highest BCUT2D eigenvalue weighted by atomic mass is 19.3. The average molecular weight is 174 g/mol. The Labute approximate surface area is 68.2 Å². The number of pyridine rings is 1. The number of ether oxygens (including phenoxy) is 1. The van der Waals surface area contributed by atoms with Crippen LogP contribution in [-0.4, -0.2) is 11.6 Å². The molecule has 12 heavy (non-hydrogen) atoms. The van der Waals surface area contributed by atoms with Crippen molar-refractivity contribution in [2.75, 3.05) is 5.73 Å². The lowest BCUT2D eigenvalue weighted by molar-refractivity contribution is -0.0495. The van der Waals surface area contributed by atoms with Gasteiger partial charge in [0.2, 0.25) is 0 Å². The number of aromatic nitrogens is 1. The summed E-state index contributed by atoms with van der Waals surface area (Å²) in [6, 6.07) is 1.41. The minimum Gasteiger partial charge on any atom is -0.431 e. The molecule has 66 valence electrons. The summed E-state index contributed by atoms with van der Waals surface area (Å²) in [5.41, 5.74) is 5.99. The van der Waals surface area contributed by atoms with Gasteiger partial charge >= 0.3 is 6.61 Å². The third-order valence-electron chi connectivity index (χ3n) is 1.23. The van der Waals surface area contributed by atoms with E-state index in [2.05, 4.69) is 9.72 Å². The molecule has 1 rings (SSSR count). The lowest BCUT2D eigenvalue weighted by Crippen LogP contribution is -2.05. The fourth-order valence-electron chi connectivity index (χ4n) is 0.743. The predicted octanol–water partition coefficient (Wildman–Crippen LogP) is 1.57. The predicted molar refractivity (Wildman–Crippen MR) is 40.0 cm³/mol. The molecule has 0 amide bonds. The van der Waals surface area contributed by atoms with Crippen molar-refractivity contribution in [3.05, 3.63) is 17.8 Å². The van der Waals surface area contributed by atoms with Crippen LogP contribution in [0, 0.1) is 6.92 Å². The summed E-state index contributed by atoms with van der Waals surface area (Å²) < 4.78 is 27.6. The largest absolute Gasteiger partial charge is 0.431 e. The highest BCUT2D eigenvalue weighted by Gasteiger charge is 2.08. The van der Waals surface area contributed by atoms with Crippen molar-refractivity contribution < 1.29 is 13.5 Å². The molecule has 2 N–H and O–H groups in total. The molecule has 0 radical (unpaired) electrons. The van der Waals surface area contributed by atoms with E-state index in [4.69, 9.17) is 5.73 Å². The molecule has 0 aromatic carbocycles. The van der Waals surface area contributed by atoms with Crippen LogP contribution in [0.1, 0.15) is 5.56 Å². The van der Waals surface area contributed by atoms with Crippen molar-refractivity contribution in [1.82, 2.24) is 4.98 Å². The third-order valence-corrected chi connectivity index (χ3v) is 1.23. The van der Waals surface area contributed by atoms with Crippen molar-refractivity contribution in [1.29, 1.82) is 0 Å². The van der Waals surface area contributed by atoms with Gasteiger partial charge in [0, 0.05) is 6.20 Å². The van der Waals surface area contributed by atoms with Gasteiger partial charge in [-0.2, -0.15) is 8.78 Å². The number of rotatable bonds is 2. The van der Waals surface area contributed by atoms with Crippen LogP contribution >= 0.6 is 0 Å². The lowest BCUT2D eigenvalue weighted by atomic mass is 10.3. The van der Waals surface area contributed by atoms with E-state index < -0.39 is 6.61 Å². The van der Waals surface area contributed by atoms with E-state index in [1.54, 1.807) is 6.92 Å². The molecule has 0 atom stereocenters. The molecule has 0 spiro atoms. The number of nitrogen functional groups attached to an aromatic ring is 1. The molecular weight excluding hydrogens is 166 g/mol. The Morgan fingerprint density at radius 2 is 2.25 bits per heavy atom. The molecule has 0 bridgehead atoms. The van der Waals surface area contributed by atoms with Gasteiger partial charge in [-0.1, -0.05) is 0 Å². The van der Waals surface area contributed by atoms with Crippen molar-refractivity contribution in [2.24, 2.45) is 0 Å². The molecule has 0 aliphatic heterocycles. The first-order chi connectivity index (χ1) is 5.59. The molecule has 0 fully saturated rings. The van der Waals surface area contributed by atoms with E-state index in [-0.39, 0.29) is 11.6 Å². The average Bonchev–Trinajstić information content (AvgIpc) is 1.96. The van der Waals surface area contributed by atoms with Gasteiger partial charge in [0.05, 0.1) is 0 Å². The monoisotopic (exact) mass is 174 g/mol. The number of aryl methyl sites for hydroxylation is 1. The number of halogens is 2. The summed E-state index contributed by atoms with van der Waals surface area (Å²) in [5.74, 6) is -0.106. The number of alkyl halides is 2. The minimum absolute atomic E-state index is 0.0269. The SMILES string of the molecule is Cc1cnc(N)c(OC(F)F)c1. The van der Waals surface area contributed by atoms with Crippen LogP contribution in [0.3, 0.4) is 0 Å². The first-order valence-electron chi connectivity index (χ1n) is 3.26. The molecular formula is C7H8F2N2O. The Kier molecular flexibility index (Phi) is 2.42. The van der Waals surface area contributed by atoms with Gasteiger partial charge in [-0.25, -0.2) is 4.98 Å². The number of nitrogens with two attached hydrogens (primary N) is 1. The lowest BCUT2D eigenvalue weighted by Gasteiger charge is -2.06. The summed E-state index contributed by atoms with van der Waals surface area (Å²) in [7, 11) is 0. The van der Waals surface area contributed by atoms with Crippen molar-refractivity contribution in [3.63, 3.8) is 0 Å². The summed E-state index contributed by atoms with van der Waals surface area (Å²) in [6.07, 6.45) is 1.48. The molecule has 3 nitrogen and oxygen atoms in total. The van der Waals surface area contributed by atoms with E-state index in [0.29, 0.717) is 0 Å². The Bertz CT molecular complexity index is 278. The van der Waals surface area contributed by atoms with Gasteiger partial charge in [0.25, 0.3) is 0 Å². The van der Waals surface area contributed by atoms with Gasteiger partial charge in [0.1, 0.15) is 0 Å². The first kappa shape index (κ1) is 8.70. The Hall–Kier alpha value is -1.39. The van der Waals surface area contributed by atoms with Gasteiger partial charge in [0.15, 0.2) is 11.6 Å².